The lowest BCUT2D eigenvalue weighted by Crippen LogP contribution is -2.21. The van der Waals surface area contributed by atoms with E-state index in [-0.39, 0.29) is 5.56 Å². The van der Waals surface area contributed by atoms with Gasteiger partial charge in [-0.15, -0.1) is 0 Å². The number of hydrogen-bond acceptors (Lipinski definition) is 3. The third-order valence-corrected chi connectivity index (χ3v) is 4.35. The highest BCUT2D eigenvalue weighted by Gasteiger charge is 2.13. The maximum absolute atomic E-state index is 12.4. The molecule has 0 bridgehead atoms. The van der Waals surface area contributed by atoms with Crippen LogP contribution in [-0.2, 0) is 20.0 Å². The minimum Gasteiger partial charge on any atom is -0.347 e. The van der Waals surface area contributed by atoms with Gasteiger partial charge in [0.15, 0.2) is 0 Å². The topological polar surface area (TPSA) is 57.1 Å². The molecule has 4 aromatic rings. The van der Waals surface area contributed by atoms with Crippen LogP contribution in [0.5, 0.6) is 0 Å². The monoisotopic (exact) mass is 335 g/mol. The zero-order chi connectivity index (χ0) is 17.6. The molecule has 0 N–H and O–H groups in total. The Hall–Kier alpha value is -2.89. The van der Waals surface area contributed by atoms with Crippen LogP contribution in [0.1, 0.15) is 25.2 Å². The number of imidazole rings is 1. The van der Waals surface area contributed by atoms with Crippen LogP contribution in [-0.4, -0.2) is 23.7 Å². The summed E-state index contributed by atoms with van der Waals surface area (Å²) >= 11 is 0. The van der Waals surface area contributed by atoms with Gasteiger partial charge in [0, 0.05) is 37.2 Å². The molecule has 4 aromatic heterocycles. The number of pyridine rings is 1. The zero-order valence-corrected chi connectivity index (χ0v) is 14.7. The maximum Gasteiger partial charge on any atom is 0.275 e. The van der Waals surface area contributed by atoms with Crippen molar-refractivity contribution in [1.82, 2.24) is 23.7 Å². The minimum absolute atomic E-state index is 0.0590. The van der Waals surface area contributed by atoms with E-state index in [1.165, 1.54) is 4.68 Å². The zero-order valence-electron chi connectivity index (χ0n) is 14.7. The molecule has 0 aromatic carbocycles. The Morgan fingerprint density at radius 3 is 2.68 bits per heavy atom. The molecule has 4 heterocycles. The standard InChI is InChI=1S/C19H21N5O/c1-13(2)8-17-15-11-23(12-16(15)19(25)22(3)21-17)9-14-10-24-7-5-4-6-18(24)20-14/h4-7,10-13H,8-9H2,1-3H3. The molecule has 0 aliphatic rings. The normalized spacial score (nSPS) is 11.8. The maximum atomic E-state index is 12.4. The second kappa shape index (κ2) is 5.88. The molecule has 0 radical (unpaired) electrons. The fourth-order valence-electron chi connectivity index (χ4n) is 3.24. The molecule has 25 heavy (non-hydrogen) atoms. The lowest BCUT2D eigenvalue weighted by Gasteiger charge is -2.07. The minimum atomic E-state index is -0.0590. The van der Waals surface area contributed by atoms with Gasteiger partial charge in [-0.2, -0.15) is 5.10 Å². The van der Waals surface area contributed by atoms with Crippen LogP contribution in [0.15, 0.2) is 47.8 Å². The Bertz CT molecular complexity index is 1080. The molecular formula is C19H21N5O. The largest absolute Gasteiger partial charge is 0.347 e. The fourth-order valence-corrected chi connectivity index (χ4v) is 3.24. The van der Waals surface area contributed by atoms with Crippen molar-refractivity contribution in [3.63, 3.8) is 0 Å². The van der Waals surface area contributed by atoms with Gasteiger partial charge in [0.25, 0.3) is 5.56 Å². The molecule has 6 nitrogen and oxygen atoms in total. The molecule has 0 aliphatic heterocycles. The summed E-state index contributed by atoms with van der Waals surface area (Å²) < 4.78 is 5.47. The summed E-state index contributed by atoms with van der Waals surface area (Å²) in [4.78, 5) is 17.1. The summed E-state index contributed by atoms with van der Waals surface area (Å²) in [6.07, 6.45) is 8.78. The van der Waals surface area contributed by atoms with E-state index in [0.29, 0.717) is 12.5 Å². The number of aryl methyl sites for hydroxylation is 1. The molecule has 0 amide bonds. The van der Waals surface area contributed by atoms with Crippen molar-refractivity contribution < 1.29 is 0 Å². The summed E-state index contributed by atoms with van der Waals surface area (Å²) in [6, 6.07) is 5.94. The quantitative estimate of drug-likeness (QED) is 0.576. The van der Waals surface area contributed by atoms with Gasteiger partial charge in [0.1, 0.15) is 5.65 Å². The smallest absolute Gasteiger partial charge is 0.275 e. The van der Waals surface area contributed by atoms with E-state index in [0.717, 1.165) is 34.2 Å². The molecule has 0 aliphatic carbocycles. The van der Waals surface area contributed by atoms with Crippen LogP contribution in [0.3, 0.4) is 0 Å². The Kier molecular flexibility index (Phi) is 3.67. The molecule has 0 saturated carbocycles. The average molecular weight is 335 g/mol. The van der Waals surface area contributed by atoms with Crippen molar-refractivity contribution in [3.05, 3.63) is 64.7 Å². The van der Waals surface area contributed by atoms with Crippen molar-refractivity contribution >= 4 is 16.4 Å². The van der Waals surface area contributed by atoms with Crippen molar-refractivity contribution in [2.24, 2.45) is 13.0 Å². The summed E-state index contributed by atoms with van der Waals surface area (Å²) in [5.41, 5.74) is 2.80. The summed E-state index contributed by atoms with van der Waals surface area (Å²) in [7, 11) is 1.71. The van der Waals surface area contributed by atoms with Crippen LogP contribution >= 0.6 is 0 Å². The van der Waals surface area contributed by atoms with Crippen molar-refractivity contribution in [1.29, 1.82) is 0 Å². The van der Waals surface area contributed by atoms with E-state index in [2.05, 4.69) is 23.9 Å². The van der Waals surface area contributed by atoms with Gasteiger partial charge in [-0.1, -0.05) is 19.9 Å². The van der Waals surface area contributed by atoms with Crippen molar-refractivity contribution in [3.8, 4) is 0 Å². The molecule has 0 spiro atoms. The fraction of sp³-hybridized carbons (Fsp3) is 0.316. The molecular weight excluding hydrogens is 314 g/mol. The van der Waals surface area contributed by atoms with Crippen LogP contribution < -0.4 is 5.56 Å². The van der Waals surface area contributed by atoms with Crippen LogP contribution in [0.2, 0.25) is 0 Å². The van der Waals surface area contributed by atoms with Gasteiger partial charge in [0.05, 0.1) is 23.3 Å². The van der Waals surface area contributed by atoms with Gasteiger partial charge >= 0.3 is 0 Å². The van der Waals surface area contributed by atoms with Crippen LogP contribution in [0.25, 0.3) is 16.4 Å². The average Bonchev–Trinajstić information content (AvgIpc) is 3.15. The summed E-state index contributed by atoms with van der Waals surface area (Å²) in [5, 5.41) is 6.13. The third kappa shape index (κ3) is 2.84. The number of hydrogen-bond donors (Lipinski definition) is 0. The van der Waals surface area contributed by atoms with Gasteiger partial charge in [-0.25, -0.2) is 9.67 Å². The number of fused-ring (bicyclic) bond motifs is 2. The highest BCUT2D eigenvalue weighted by Crippen LogP contribution is 2.19. The molecule has 6 heteroatoms. The number of nitrogens with zero attached hydrogens (tertiary/aromatic N) is 5. The Balaban J connectivity index is 1.77. The van der Waals surface area contributed by atoms with Gasteiger partial charge in [0.2, 0.25) is 0 Å². The first-order valence-electron chi connectivity index (χ1n) is 8.49. The Labute approximate surface area is 145 Å². The number of rotatable bonds is 4. The second-order valence-corrected chi connectivity index (χ2v) is 6.93. The SMILES string of the molecule is CC(C)Cc1nn(C)c(=O)c2cn(Cc3cn4ccccc4n3)cc12. The molecule has 4 rings (SSSR count). The van der Waals surface area contributed by atoms with E-state index in [9.17, 15) is 4.79 Å². The Morgan fingerprint density at radius 1 is 1.12 bits per heavy atom. The van der Waals surface area contributed by atoms with Crippen molar-refractivity contribution in [2.45, 2.75) is 26.8 Å². The van der Waals surface area contributed by atoms with Crippen molar-refractivity contribution in [2.75, 3.05) is 0 Å². The first-order chi connectivity index (χ1) is 12.0. The van der Waals surface area contributed by atoms with E-state index in [1.54, 1.807) is 7.05 Å². The van der Waals surface area contributed by atoms with Gasteiger partial charge in [-0.05, 0) is 24.5 Å². The first-order valence-corrected chi connectivity index (χ1v) is 8.49. The predicted molar refractivity (Wildman–Crippen MR) is 97.8 cm³/mol. The molecule has 128 valence electrons. The Morgan fingerprint density at radius 2 is 1.92 bits per heavy atom. The first kappa shape index (κ1) is 15.6. The lowest BCUT2D eigenvalue weighted by atomic mass is 10.1. The van der Waals surface area contributed by atoms with E-state index in [1.807, 2.05) is 52.0 Å². The van der Waals surface area contributed by atoms with E-state index in [4.69, 9.17) is 0 Å². The summed E-state index contributed by atoms with van der Waals surface area (Å²) in [6.45, 7) is 4.94. The van der Waals surface area contributed by atoms with Gasteiger partial charge in [-0.3, -0.25) is 4.79 Å². The highest BCUT2D eigenvalue weighted by atomic mass is 16.1. The molecule has 0 fully saturated rings. The predicted octanol–water partition coefficient (Wildman–Crippen LogP) is 2.63. The number of aromatic nitrogens is 5. The molecule has 0 atom stereocenters. The highest BCUT2D eigenvalue weighted by molar-refractivity contribution is 5.83. The van der Waals surface area contributed by atoms with Crippen LogP contribution in [0.4, 0.5) is 0 Å². The van der Waals surface area contributed by atoms with Crippen LogP contribution in [0, 0.1) is 5.92 Å². The second-order valence-electron chi connectivity index (χ2n) is 6.93. The molecule has 0 saturated heterocycles. The van der Waals surface area contributed by atoms with E-state index >= 15 is 0 Å². The summed E-state index contributed by atoms with van der Waals surface area (Å²) in [5.74, 6) is 0.481. The van der Waals surface area contributed by atoms with E-state index < -0.39 is 0 Å². The van der Waals surface area contributed by atoms with Gasteiger partial charge < -0.3 is 8.97 Å². The molecule has 0 unspecified atom stereocenters. The third-order valence-electron chi connectivity index (χ3n) is 4.35. The lowest BCUT2D eigenvalue weighted by molar-refractivity contribution is 0.605.